The predicted octanol–water partition coefficient (Wildman–Crippen LogP) is 3.56. The van der Waals surface area contributed by atoms with E-state index in [0.29, 0.717) is 12.3 Å². The molecule has 0 aliphatic rings. The molecule has 0 aliphatic heterocycles. The Kier molecular flexibility index (Phi) is 5.76. The average molecular weight is 365 g/mol. The van der Waals surface area contributed by atoms with Crippen LogP contribution < -0.4 is 10.1 Å². The second-order valence-electron chi connectivity index (χ2n) is 6.24. The number of nitrogens with one attached hydrogen (secondary N) is 1. The van der Waals surface area contributed by atoms with Gasteiger partial charge in [0.25, 0.3) is 5.91 Å². The molecule has 0 bridgehead atoms. The molecule has 1 N–H and O–H groups in total. The number of furan rings is 1. The third-order valence-corrected chi connectivity index (χ3v) is 4.19. The first-order valence-corrected chi connectivity index (χ1v) is 8.75. The Bertz CT molecular complexity index is 920. The van der Waals surface area contributed by atoms with Crippen molar-refractivity contribution in [3.05, 3.63) is 83.6 Å². The van der Waals surface area contributed by atoms with Crippen LogP contribution >= 0.6 is 0 Å². The summed E-state index contributed by atoms with van der Waals surface area (Å²) in [5.74, 6) is 1.34. The van der Waals surface area contributed by atoms with E-state index in [2.05, 4.69) is 17.0 Å². The first-order valence-electron chi connectivity index (χ1n) is 8.75. The topological polar surface area (TPSA) is 69.3 Å². The summed E-state index contributed by atoms with van der Waals surface area (Å²) < 4.78 is 13.2. The van der Waals surface area contributed by atoms with Crippen molar-refractivity contribution in [2.24, 2.45) is 7.05 Å². The summed E-state index contributed by atoms with van der Waals surface area (Å²) in [6.45, 7) is 6.32. The lowest BCUT2D eigenvalue weighted by atomic mass is 10.1. The molecule has 0 aliphatic carbocycles. The van der Waals surface area contributed by atoms with E-state index < -0.39 is 0 Å². The highest BCUT2D eigenvalue weighted by atomic mass is 16.5. The fourth-order valence-electron chi connectivity index (χ4n) is 2.67. The molecular formula is C21H23N3O3. The van der Waals surface area contributed by atoms with Crippen LogP contribution in [0.1, 0.15) is 33.3 Å². The Morgan fingerprint density at radius 1 is 1.33 bits per heavy atom. The summed E-state index contributed by atoms with van der Waals surface area (Å²) >= 11 is 0. The molecule has 3 rings (SSSR count). The molecule has 0 radical (unpaired) electrons. The average Bonchev–Trinajstić information content (AvgIpc) is 3.26. The number of ether oxygens (including phenoxy) is 1. The Morgan fingerprint density at radius 3 is 2.89 bits per heavy atom. The van der Waals surface area contributed by atoms with E-state index >= 15 is 0 Å². The highest BCUT2D eigenvalue weighted by molar-refractivity contribution is 5.91. The first-order chi connectivity index (χ1) is 13.1. The molecule has 140 valence electrons. The van der Waals surface area contributed by atoms with Gasteiger partial charge < -0.3 is 14.5 Å². The lowest BCUT2D eigenvalue weighted by Gasteiger charge is -2.08. The molecule has 6 nitrogen and oxygen atoms in total. The van der Waals surface area contributed by atoms with E-state index in [9.17, 15) is 4.79 Å². The minimum atomic E-state index is -0.281. The van der Waals surface area contributed by atoms with E-state index in [1.807, 2.05) is 50.4 Å². The largest absolute Gasteiger partial charge is 0.485 e. The van der Waals surface area contributed by atoms with Gasteiger partial charge in [-0.05, 0) is 43.2 Å². The van der Waals surface area contributed by atoms with Gasteiger partial charge in [0.2, 0.25) is 0 Å². The highest BCUT2D eigenvalue weighted by Crippen LogP contribution is 2.20. The number of aryl methyl sites for hydroxylation is 2. The fraction of sp³-hybridized carbons (Fsp3) is 0.238. The van der Waals surface area contributed by atoms with Gasteiger partial charge in [-0.1, -0.05) is 24.3 Å². The molecular weight excluding hydrogens is 342 g/mol. The standard InChI is InChI=1S/C21H23N3O3/c1-4-7-16-8-5-6-9-19(16)26-14-18-10-11-20(27-18)21(25)22-13-17-12-15(2)24(3)23-17/h4-6,8-12H,1,7,13-14H2,2-3H3,(H,22,25). The van der Waals surface area contributed by atoms with Crippen molar-refractivity contribution < 1.29 is 13.9 Å². The zero-order chi connectivity index (χ0) is 19.2. The molecule has 1 aromatic carbocycles. The summed E-state index contributed by atoms with van der Waals surface area (Å²) in [5.41, 5.74) is 2.90. The molecule has 3 aromatic rings. The smallest absolute Gasteiger partial charge is 0.287 e. The fourth-order valence-corrected chi connectivity index (χ4v) is 2.67. The van der Waals surface area contributed by atoms with Gasteiger partial charge in [-0.25, -0.2) is 0 Å². The minimum absolute atomic E-state index is 0.251. The Hall–Kier alpha value is -3.28. The summed E-state index contributed by atoms with van der Waals surface area (Å²) in [6.07, 6.45) is 2.57. The van der Waals surface area contributed by atoms with E-state index in [1.54, 1.807) is 16.8 Å². The zero-order valence-corrected chi connectivity index (χ0v) is 15.6. The highest BCUT2D eigenvalue weighted by Gasteiger charge is 2.13. The number of carbonyl (C=O) groups is 1. The van der Waals surface area contributed by atoms with Gasteiger partial charge in [0.05, 0.1) is 12.2 Å². The van der Waals surface area contributed by atoms with E-state index in [4.69, 9.17) is 9.15 Å². The van der Waals surface area contributed by atoms with Crippen molar-refractivity contribution in [1.82, 2.24) is 15.1 Å². The van der Waals surface area contributed by atoms with E-state index in [1.165, 1.54) is 0 Å². The number of aromatic nitrogens is 2. The predicted molar refractivity (Wildman–Crippen MR) is 102 cm³/mol. The molecule has 27 heavy (non-hydrogen) atoms. The number of hydrogen-bond donors (Lipinski definition) is 1. The van der Waals surface area contributed by atoms with Crippen molar-refractivity contribution >= 4 is 5.91 Å². The molecule has 0 saturated carbocycles. The number of amides is 1. The van der Waals surface area contributed by atoms with Crippen molar-refractivity contribution in [2.75, 3.05) is 0 Å². The summed E-state index contributed by atoms with van der Waals surface area (Å²) in [5, 5.41) is 7.12. The van der Waals surface area contributed by atoms with Crippen LogP contribution in [0.25, 0.3) is 0 Å². The van der Waals surface area contributed by atoms with Crippen LogP contribution in [0.3, 0.4) is 0 Å². The van der Waals surface area contributed by atoms with Crippen molar-refractivity contribution in [3.8, 4) is 5.75 Å². The molecule has 2 heterocycles. The van der Waals surface area contributed by atoms with Gasteiger partial charge in [-0.3, -0.25) is 9.48 Å². The number of rotatable bonds is 8. The van der Waals surface area contributed by atoms with Crippen LogP contribution in [0.2, 0.25) is 0 Å². The molecule has 0 atom stereocenters. The van der Waals surface area contributed by atoms with E-state index in [0.717, 1.165) is 29.1 Å². The maximum atomic E-state index is 12.2. The number of benzene rings is 1. The quantitative estimate of drug-likeness (QED) is 0.620. The second kappa shape index (κ2) is 8.40. The monoisotopic (exact) mass is 365 g/mol. The van der Waals surface area contributed by atoms with Crippen LogP contribution in [0.4, 0.5) is 0 Å². The van der Waals surface area contributed by atoms with Crippen LogP contribution in [0, 0.1) is 6.92 Å². The lowest BCUT2D eigenvalue weighted by molar-refractivity contribution is 0.0918. The third kappa shape index (κ3) is 4.67. The molecule has 2 aromatic heterocycles. The third-order valence-electron chi connectivity index (χ3n) is 4.19. The number of allylic oxidation sites excluding steroid dienone is 1. The SMILES string of the molecule is C=CCc1ccccc1OCc1ccc(C(=O)NCc2cc(C)n(C)n2)o1. The molecule has 0 spiro atoms. The van der Waals surface area contributed by atoms with Crippen molar-refractivity contribution in [1.29, 1.82) is 0 Å². The van der Waals surface area contributed by atoms with Crippen LogP contribution in [-0.2, 0) is 26.6 Å². The van der Waals surface area contributed by atoms with E-state index in [-0.39, 0.29) is 18.3 Å². The lowest BCUT2D eigenvalue weighted by Crippen LogP contribution is -2.22. The maximum Gasteiger partial charge on any atom is 0.287 e. The molecule has 0 unspecified atom stereocenters. The number of para-hydroxylation sites is 1. The second-order valence-corrected chi connectivity index (χ2v) is 6.24. The van der Waals surface area contributed by atoms with Gasteiger partial charge in [-0.2, -0.15) is 5.10 Å². The van der Waals surface area contributed by atoms with Crippen molar-refractivity contribution in [2.45, 2.75) is 26.5 Å². The maximum absolute atomic E-state index is 12.2. The number of hydrogen-bond acceptors (Lipinski definition) is 4. The first kappa shape index (κ1) is 18.5. The van der Waals surface area contributed by atoms with Gasteiger partial charge in [0.15, 0.2) is 5.76 Å². The minimum Gasteiger partial charge on any atom is -0.485 e. The Morgan fingerprint density at radius 2 is 2.15 bits per heavy atom. The summed E-state index contributed by atoms with van der Waals surface area (Å²) in [6, 6.07) is 13.1. The normalized spacial score (nSPS) is 10.6. The summed E-state index contributed by atoms with van der Waals surface area (Å²) in [7, 11) is 1.87. The number of carbonyl (C=O) groups excluding carboxylic acids is 1. The van der Waals surface area contributed by atoms with Crippen LogP contribution in [-0.4, -0.2) is 15.7 Å². The molecule has 1 amide bonds. The van der Waals surface area contributed by atoms with Gasteiger partial charge >= 0.3 is 0 Å². The molecule has 0 saturated heterocycles. The summed E-state index contributed by atoms with van der Waals surface area (Å²) in [4.78, 5) is 12.2. The Balaban J connectivity index is 1.56. The molecule has 6 heteroatoms. The van der Waals surface area contributed by atoms with Gasteiger partial charge in [-0.15, -0.1) is 6.58 Å². The number of nitrogens with zero attached hydrogens (tertiary/aromatic N) is 2. The Labute approximate surface area is 158 Å². The van der Waals surface area contributed by atoms with Gasteiger partial charge in [0, 0.05) is 12.7 Å². The van der Waals surface area contributed by atoms with Gasteiger partial charge in [0.1, 0.15) is 18.1 Å². The van der Waals surface area contributed by atoms with Crippen LogP contribution in [0.5, 0.6) is 5.75 Å². The van der Waals surface area contributed by atoms with Crippen molar-refractivity contribution in [3.63, 3.8) is 0 Å². The molecule has 0 fully saturated rings. The zero-order valence-electron chi connectivity index (χ0n) is 15.6. The van der Waals surface area contributed by atoms with Crippen LogP contribution in [0.15, 0.2) is 59.5 Å².